The number of nitrogens with zero attached hydrogens (tertiary/aromatic N) is 6. The number of piperidine rings is 2. The molecule has 0 saturated carbocycles. The third-order valence-corrected chi connectivity index (χ3v) is 7.90. The summed E-state index contributed by atoms with van der Waals surface area (Å²) in [7, 11) is 4.26. The average Bonchev–Trinajstić information content (AvgIpc) is 3.58. The topological polar surface area (TPSA) is 114 Å². The Bertz CT molecular complexity index is 1170. The van der Waals surface area contributed by atoms with Crippen LogP contribution in [0.25, 0.3) is 22.1 Å². The first-order valence-electron chi connectivity index (χ1n) is 13.0. The zero-order valence-electron chi connectivity index (χ0n) is 21.7. The fourth-order valence-corrected chi connectivity index (χ4v) is 5.58. The monoisotopic (exact) mass is 490 g/mol. The van der Waals surface area contributed by atoms with Crippen molar-refractivity contribution in [2.24, 2.45) is 11.8 Å². The Morgan fingerprint density at radius 3 is 1.56 bits per heavy atom. The number of H-pyrrole nitrogens is 2. The molecule has 0 bridgehead atoms. The molecule has 6 heterocycles. The molecule has 2 aliphatic rings. The van der Waals surface area contributed by atoms with Crippen molar-refractivity contribution in [3.05, 3.63) is 37.2 Å². The van der Waals surface area contributed by atoms with E-state index in [1.54, 1.807) is 12.7 Å². The van der Waals surface area contributed by atoms with Crippen LogP contribution in [-0.2, 0) is 0 Å². The minimum absolute atomic E-state index is 0.492. The van der Waals surface area contributed by atoms with E-state index in [0.29, 0.717) is 23.9 Å². The fourth-order valence-electron chi connectivity index (χ4n) is 5.58. The van der Waals surface area contributed by atoms with Gasteiger partial charge in [0.25, 0.3) is 0 Å². The summed E-state index contributed by atoms with van der Waals surface area (Å²) in [6, 6.07) is 5.07. The van der Waals surface area contributed by atoms with Crippen LogP contribution in [0, 0.1) is 11.8 Å². The van der Waals surface area contributed by atoms with E-state index >= 15 is 0 Å². The molecule has 0 amide bonds. The first-order chi connectivity index (χ1) is 17.5. The summed E-state index contributed by atoms with van der Waals surface area (Å²) in [5.74, 6) is 3.39. The lowest BCUT2D eigenvalue weighted by Crippen LogP contribution is -2.49. The minimum Gasteiger partial charge on any atom is -0.354 e. The van der Waals surface area contributed by atoms with Crippen molar-refractivity contribution in [2.75, 3.05) is 50.1 Å². The van der Waals surface area contributed by atoms with Gasteiger partial charge in [0, 0.05) is 51.7 Å². The number of fused-ring (bicyclic) bond motifs is 2. The van der Waals surface area contributed by atoms with Crippen LogP contribution in [0.3, 0.4) is 0 Å². The van der Waals surface area contributed by atoms with Crippen molar-refractivity contribution in [3.63, 3.8) is 0 Å². The molecule has 0 spiro atoms. The van der Waals surface area contributed by atoms with Gasteiger partial charge in [-0.25, -0.2) is 19.9 Å². The van der Waals surface area contributed by atoms with E-state index in [9.17, 15) is 0 Å². The zero-order chi connectivity index (χ0) is 25.1. The Labute approximate surface area is 212 Å². The number of rotatable bonds is 4. The minimum atomic E-state index is 0.492. The highest BCUT2D eigenvalue weighted by atomic mass is 15.2. The number of aromatic nitrogens is 6. The summed E-state index contributed by atoms with van der Waals surface area (Å²) in [5, 5.41) is 9.12. The Balaban J connectivity index is 0.000000148. The second-order valence-corrected chi connectivity index (χ2v) is 10.2. The number of aromatic amines is 2. The number of nitrogens with one attached hydrogen (secondary N) is 4. The predicted molar refractivity (Wildman–Crippen MR) is 145 cm³/mol. The van der Waals surface area contributed by atoms with Gasteiger partial charge in [0.1, 0.15) is 35.6 Å². The van der Waals surface area contributed by atoms with Gasteiger partial charge in [-0.05, 0) is 49.9 Å². The molecule has 2 saturated heterocycles. The van der Waals surface area contributed by atoms with Crippen LogP contribution in [0.2, 0.25) is 0 Å². The van der Waals surface area contributed by atoms with E-state index in [1.807, 2.05) is 24.5 Å². The highest BCUT2D eigenvalue weighted by Gasteiger charge is 2.27. The molecule has 4 aromatic heterocycles. The van der Waals surface area contributed by atoms with Gasteiger partial charge in [-0.3, -0.25) is 0 Å². The van der Waals surface area contributed by atoms with Gasteiger partial charge in [0.15, 0.2) is 0 Å². The second-order valence-electron chi connectivity index (χ2n) is 10.2. The Morgan fingerprint density at radius 2 is 1.14 bits per heavy atom. The highest BCUT2D eigenvalue weighted by molar-refractivity contribution is 5.88. The maximum atomic E-state index is 4.46. The summed E-state index contributed by atoms with van der Waals surface area (Å²) < 4.78 is 0. The maximum Gasteiger partial charge on any atom is 0.142 e. The van der Waals surface area contributed by atoms with Crippen molar-refractivity contribution in [1.29, 1.82) is 0 Å². The Morgan fingerprint density at radius 1 is 0.694 bits per heavy atom. The lowest BCUT2D eigenvalue weighted by molar-refractivity contribution is 0.337. The van der Waals surface area contributed by atoms with Crippen molar-refractivity contribution in [3.8, 4) is 0 Å². The molecular weight excluding hydrogens is 452 g/mol. The quantitative estimate of drug-likeness (QED) is 0.345. The summed E-state index contributed by atoms with van der Waals surface area (Å²) in [4.78, 5) is 28.2. The molecule has 6 rings (SSSR count). The molecule has 2 aliphatic heterocycles. The van der Waals surface area contributed by atoms with Crippen LogP contribution in [0.4, 0.5) is 11.6 Å². The zero-order valence-corrected chi connectivity index (χ0v) is 21.7. The van der Waals surface area contributed by atoms with Crippen LogP contribution in [0.1, 0.15) is 26.7 Å². The van der Waals surface area contributed by atoms with Crippen LogP contribution in [0.15, 0.2) is 37.2 Å². The number of anilines is 2. The van der Waals surface area contributed by atoms with Crippen LogP contribution in [-0.4, -0.2) is 82.3 Å². The molecular formula is C26H38N10. The first kappa shape index (κ1) is 24.5. The molecule has 10 heteroatoms. The van der Waals surface area contributed by atoms with Crippen LogP contribution < -0.4 is 20.4 Å². The molecule has 36 heavy (non-hydrogen) atoms. The number of hydrogen-bond donors (Lipinski definition) is 4. The van der Waals surface area contributed by atoms with Crippen LogP contribution >= 0.6 is 0 Å². The number of hydrogen-bond acceptors (Lipinski definition) is 8. The van der Waals surface area contributed by atoms with Crippen molar-refractivity contribution in [1.82, 2.24) is 40.5 Å². The normalized spacial score (nSPS) is 24.3. The molecule has 4 unspecified atom stereocenters. The SMILES string of the molecule is CC1CCNCC1N(C)c1ncnc2[nH]ccc12.CC1CCNCC1N(C)c1ncnc2[nH]ccc12. The maximum absolute atomic E-state index is 4.46. The third-order valence-electron chi connectivity index (χ3n) is 7.90. The van der Waals surface area contributed by atoms with Gasteiger partial charge >= 0.3 is 0 Å². The van der Waals surface area contributed by atoms with Gasteiger partial charge < -0.3 is 30.4 Å². The molecule has 10 nitrogen and oxygen atoms in total. The fraction of sp³-hybridized carbons (Fsp3) is 0.538. The molecule has 4 atom stereocenters. The smallest absolute Gasteiger partial charge is 0.142 e. The molecule has 2 fully saturated rings. The molecule has 0 aromatic carbocycles. The summed E-state index contributed by atoms with van der Waals surface area (Å²) in [6.45, 7) is 8.92. The predicted octanol–water partition coefficient (Wildman–Crippen LogP) is 2.78. The van der Waals surface area contributed by atoms with Crippen LogP contribution in [0.5, 0.6) is 0 Å². The van der Waals surface area contributed by atoms with Crippen molar-refractivity contribution < 1.29 is 0 Å². The van der Waals surface area contributed by atoms with E-state index in [4.69, 9.17) is 0 Å². The lowest BCUT2D eigenvalue weighted by Gasteiger charge is -2.37. The largest absolute Gasteiger partial charge is 0.354 e. The van der Waals surface area contributed by atoms with Crippen molar-refractivity contribution in [2.45, 2.75) is 38.8 Å². The van der Waals surface area contributed by atoms with Gasteiger partial charge in [0.05, 0.1) is 10.8 Å². The van der Waals surface area contributed by atoms with E-state index < -0.39 is 0 Å². The van der Waals surface area contributed by atoms with Gasteiger partial charge in [-0.1, -0.05) is 13.8 Å². The Kier molecular flexibility index (Phi) is 7.33. The van der Waals surface area contributed by atoms with E-state index in [-0.39, 0.29) is 0 Å². The van der Waals surface area contributed by atoms with Crippen molar-refractivity contribution >= 4 is 33.7 Å². The first-order valence-corrected chi connectivity index (χ1v) is 13.0. The standard InChI is InChI=1S/2C13H19N5/c2*1-9-3-5-14-7-11(9)18(2)13-10-4-6-15-12(10)16-8-17-13/h2*4,6,8-9,11,14H,3,5,7H2,1-2H3,(H,15,16,17). The molecule has 0 aliphatic carbocycles. The molecule has 4 aromatic rings. The summed E-state index contributed by atoms with van der Waals surface area (Å²) in [6.07, 6.45) is 9.53. The van der Waals surface area contributed by atoms with E-state index in [0.717, 1.165) is 59.9 Å². The second kappa shape index (κ2) is 10.8. The van der Waals surface area contributed by atoms with E-state index in [1.165, 1.54) is 12.8 Å². The lowest BCUT2D eigenvalue weighted by atomic mass is 9.93. The van der Waals surface area contributed by atoms with Gasteiger partial charge in [-0.15, -0.1) is 0 Å². The van der Waals surface area contributed by atoms with E-state index in [2.05, 4.69) is 78.3 Å². The highest BCUT2D eigenvalue weighted by Crippen LogP contribution is 2.27. The Hall–Kier alpha value is -3.24. The third kappa shape index (κ3) is 4.87. The molecule has 192 valence electrons. The molecule has 0 radical (unpaired) electrons. The number of likely N-dealkylation sites (N-methyl/N-ethyl adjacent to an activating group) is 2. The van der Waals surface area contributed by atoms with Gasteiger partial charge in [0.2, 0.25) is 0 Å². The summed E-state index contributed by atoms with van der Waals surface area (Å²) in [5.41, 5.74) is 1.81. The molecule has 4 N–H and O–H groups in total. The summed E-state index contributed by atoms with van der Waals surface area (Å²) >= 11 is 0. The van der Waals surface area contributed by atoms with Gasteiger partial charge in [-0.2, -0.15) is 0 Å². The average molecular weight is 491 g/mol.